The highest BCUT2D eigenvalue weighted by molar-refractivity contribution is 5.42. The zero-order valence-electron chi connectivity index (χ0n) is 13.4. The number of rotatable bonds is 7. The number of nitrogens with zero attached hydrogens (tertiary/aromatic N) is 2. The Hall–Kier alpha value is -1.09. The van der Waals surface area contributed by atoms with Crippen molar-refractivity contribution in [2.45, 2.75) is 46.6 Å². The lowest BCUT2D eigenvalue weighted by Crippen LogP contribution is -2.30. The number of aryl methyl sites for hydroxylation is 1. The summed E-state index contributed by atoms with van der Waals surface area (Å²) in [4.78, 5) is 7.01. The van der Waals surface area contributed by atoms with Gasteiger partial charge in [0.1, 0.15) is 5.82 Å². The topological polar surface area (TPSA) is 28.2 Å². The van der Waals surface area contributed by atoms with E-state index in [4.69, 9.17) is 0 Å². The Kier molecular flexibility index (Phi) is 5.41. The number of anilines is 1. The van der Waals surface area contributed by atoms with Gasteiger partial charge in [-0.05, 0) is 55.8 Å². The van der Waals surface area contributed by atoms with Crippen molar-refractivity contribution in [1.29, 1.82) is 0 Å². The van der Waals surface area contributed by atoms with E-state index in [1.807, 2.05) is 0 Å². The molecule has 2 rings (SSSR count). The summed E-state index contributed by atoms with van der Waals surface area (Å²) in [5.41, 5.74) is 2.46. The fourth-order valence-corrected chi connectivity index (χ4v) is 2.68. The third kappa shape index (κ3) is 4.48. The first kappa shape index (κ1) is 15.3. The summed E-state index contributed by atoms with van der Waals surface area (Å²) in [6.45, 7) is 9.72. The predicted molar refractivity (Wildman–Crippen MR) is 86.1 cm³/mol. The molecule has 3 nitrogen and oxygen atoms in total. The van der Waals surface area contributed by atoms with Gasteiger partial charge in [-0.3, -0.25) is 0 Å². The zero-order chi connectivity index (χ0) is 14.5. The van der Waals surface area contributed by atoms with E-state index in [9.17, 15) is 0 Å². The van der Waals surface area contributed by atoms with E-state index in [0.29, 0.717) is 5.92 Å². The minimum atomic E-state index is 0.693. The second-order valence-corrected chi connectivity index (χ2v) is 6.68. The second-order valence-electron chi connectivity index (χ2n) is 6.68. The molecule has 112 valence electrons. The van der Waals surface area contributed by atoms with Gasteiger partial charge in [-0.25, -0.2) is 4.98 Å². The molecule has 1 N–H and O–H groups in total. The molecule has 1 heterocycles. The van der Waals surface area contributed by atoms with Crippen LogP contribution >= 0.6 is 0 Å². The maximum atomic E-state index is 4.69. The Morgan fingerprint density at radius 3 is 2.70 bits per heavy atom. The highest BCUT2D eigenvalue weighted by Gasteiger charge is 2.19. The fourth-order valence-electron chi connectivity index (χ4n) is 2.68. The van der Waals surface area contributed by atoms with Crippen molar-refractivity contribution < 1.29 is 0 Å². The molecule has 0 bridgehead atoms. The smallest absolute Gasteiger partial charge is 0.128 e. The number of hydrogen-bond acceptors (Lipinski definition) is 3. The summed E-state index contributed by atoms with van der Waals surface area (Å²) in [7, 11) is 2.17. The molecule has 0 radical (unpaired) electrons. The Labute approximate surface area is 123 Å². The highest BCUT2D eigenvalue weighted by atomic mass is 15.2. The summed E-state index contributed by atoms with van der Waals surface area (Å²) >= 11 is 0. The lowest BCUT2D eigenvalue weighted by molar-refractivity contribution is 0.321. The molecule has 0 aromatic carbocycles. The molecule has 1 aliphatic rings. The maximum Gasteiger partial charge on any atom is 0.128 e. The number of hydrogen-bond donors (Lipinski definition) is 1. The summed E-state index contributed by atoms with van der Waals surface area (Å²) in [5, 5.41) is 3.51. The van der Waals surface area contributed by atoms with Crippen molar-refractivity contribution in [3.05, 3.63) is 23.4 Å². The zero-order valence-corrected chi connectivity index (χ0v) is 13.4. The SMILES string of the molecule is Cc1cc(CNCC(C)C)cc(N(C)CC2CCC2)n1. The van der Waals surface area contributed by atoms with Gasteiger partial charge in [0.05, 0.1) is 0 Å². The molecule has 3 heteroatoms. The molecule has 0 amide bonds. The van der Waals surface area contributed by atoms with Gasteiger partial charge in [0.25, 0.3) is 0 Å². The molecular formula is C17H29N3. The number of nitrogens with one attached hydrogen (secondary N) is 1. The van der Waals surface area contributed by atoms with E-state index in [0.717, 1.165) is 37.1 Å². The molecule has 1 aliphatic carbocycles. The Balaban J connectivity index is 1.95. The van der Waals surface area contributed by atoms with E-state index in [1.54, 1.807) is 0 Å². The third-order valence-electron chi connectivity index (χ3n) is 4.03. The van der Waals surface area contributed by atoms with Crippen molar-refractivity contribution in [1.82, 2.24) is 10.3 Å². The van der Waals surface area contributed by atoms with Crippen LogP contribution in [0.3, 0.4) is 0 Å². The first-order valence-electron chi connectivity index (χ1n) is 7.94. The van der Waals surface area contributed by atoms with E-state index < -0.39 is 0 Å². The van der Waals surface area contributed by atoms with Crippen LogP contribution in [-0.2, 0) is 6.54 Å². The second kappa shape index (κ2) is 7.07. The molecule has 1 aromatic rings. The van der Waals surface area contributed by atoms with Gasteiger partial charge in [0.15, 0.2) is 0 Å². The molecule has 0 unspecified atom stereocenters. The van der Waals surface area contributed by atoms with E-state index >= 15 is 0 Å². The van der Waals surface area contributed by atoms with E-state index in [2.05, 4.69) is 55.2 Å². The van der Waals surface area contributed by atoms with Gasteiger partial charge in [0.2, 0.25) is 0 Å². The fraction of sp³-hybridized carbons (Fsp3) is 0.706. The third-order valence-corrected chi connectivity index (χ3v) is 4.03. The van der Waals surface area contributed by atoms with Crippen molar-refractivity contribution in [2.75, 3.05) is 25.0 Å². The van der Waals surface area contributed by atoms with Crippen LogP contribution in [0.5, 0.6) is 0 Å². The van der Waals surface area contributed by atoms with E-state index in [-0.39, 0.29) is 0 Å². The van der Waals surface area contributed by atoms with Crippen LogP contribution in [-0.4, -0.2) is 25.1 Å². The van der Waals surface area contributed by atoms with Crippen molar-refractivity contribution in [3.63, 3.8) is 0 Å². The molecule has 20 heavy (non-hydrogen) atoms. The normalized spacial score (nSPS) is 15.4. The first-order valence-corrected chi connectivity index (χ1v) is 7.94. The van der Waals surface area contributed by atoms with E-state index in [1.165, 1.54) is 24.8 Å². The van der Waals surface area contributed by atoms with Gasteiger partial charge in [-0.2, -0.15) is 0 Å². The molecule has 1 aromatic heterocycles. The molecule has 0 saturated heterocycles. The summed E-state index contributed by atoms with van der Waals surface area (Å²) < 4.78 is 0. The highest BCUT2D eigenvalue weighted by Crippen LogP contribution is 2.28. The Morgan fingerprint density at radius 1 is 1.35 bits per heavy atom. The number of aromatic nitrogens is 1. The predicted octanol–water partition coefficient (Wildman–Crippen LogP) is 3.37. The van der Waals surface area contributed by atoms with Crippen LogP contribution in [0.25, 0.3) is 0 Å². The van der Waals surface area contributed by atoms with Crippen LogP contribution in [0, 0.1) is 18.8 Å². The minimum absolute atomic E-state index is 0.693. The summed E-state index contributed by atoms with van der Waals surface area (Å²) in [5.74, 6) is 2.70. The van der Waals surface area contributed by atoms with Gasteiger partial charge in [0, 0.05) is 25.8 Å². The van der Waals surface area contributed by atoms with Crippen LogP contribution < -0.4 is 10.2 Å². The van der Waals surface area contributed by atoms with Crippen molar-refractivity contribution in [2.24, 2.45) is 11.8 Å². The maximum absolute atomic E-state index is 4.69. The molecule has 0 spiro atoms. The van der Waals surface area contributed by atoms with Crippen molar-refractivity contribution in [3.8, 4) is 0 Å². The minimum Gasteiger partial charge on any atom is -0.359 e. The number of pyridine rings is 1. The standard InChI is InChI=1S/C17H29N3/c1-13(2)10-18-11-16-8-14(3)19-17(9-16)20(4)12-15-6-5-7-15/h8-9,13,15,18H,5-7,10-12H2,1-4H3. The Bertz CT molecular complexity index is 424. The molecule has 0 aliphatic heterocycles. The van der Waals surface area contributed by atoms with Crippen LogP contribution in [0.1, 0.15) is 44.4 Å². The first-order chi connectivity index (χ1) is 9.54. The van der Waals surface area contributed by atoms with Crippen molar-refractivity contribution >= 4 is 5.82 Å². The molecule has 0 atom stereocenters. The summed E-state index contributed by atoms with van der Waals surface area (Å²) in [6.07, 6.45) is 4.18. The Morgan fingerprint density at radius 2 is 2.10 bits per heavy atom. The van der Waals surface area contributed by atoms with Gasteiger partial charge in [-0.1, -0.05) is 20.3 Å². The lowest BCUT2D eigenvalue weighted by atomic mass is 9.85. The van der Waals surface area contributed by atoms with Gasteiger partial charge in [-0.15, -0.1) is 0 Å². The van der Waals surface area contributed by atoms with Crippen LogP contribution in [0.15, 0.2) is 12.1 Å². The lowest BCUT2D eigenvalue weighted by Gasteiger charge is -2.31. The quantitative estimate of drug-likeness (QED) is 0.827. The average Bonchev–Trinajstić information content (AvgIpc) is 2.32. The molecule has 1 fully saturated rings. The summed E-state index contributed by atoms with van der Waals surface area (Å²) in [6, 6.07) is 4.42. The van der Waals surface area contributed by atoms with Crippen LogP contribution in [0.4, 0.5) is 5.82 Å². The molecule has 1 saturated carbocycles. The van der Waals surface area contributed by atoms with Gasteiger partial charge >= 0.3 is 0 Å². The molecular weight excluding hydrogens is 246 g/mol. The van der Waals surface area contributed by atoms with Crippen LogP contribution in [0.2, 0.25) is 0 Å². The van der Waals surface area contributed by atoms with Gasteiger partial charge < -0.3 is 10.2 Å². The largest absolute Gasteiger partial charge is 0.359 e. The monoisotopic (exact) mass is 275 g/mol. The average molecular weight is 275 g/mol.